The van der Waals surface area contributed by atoms with Crippen LogP contribution >= 0.6 is 11.7 Å². The number of nitrogens with zero attached hydrogens (tertiary/aromatic N) is 6. The Morgan fingerprint density at radius 3 is 3.00 bits per heavy atom. The standard InChI is InChI=1S/C8H13N7S/c1-3-9-6(7-5-10-16-13-7)4-8-11-14-15(2)12-8/h5-6,9H,3-4H2,1-2H3. The van der Waals surface area contributed by atoms with E-state index in [9.17, 15) is 0 Å². The molecule has 0 bridgehead atoms. The molecule has 2 aromatic heterocycles. The van der Waals surface area contributed by atoms with Crippen LogP contribution in [0.4, 0.5) is 0 Å². The Morgan fingerprint density at radius 2 is 2.44 bits per heavy atom. The topological polar surface area (TPSA) is 81.4 Å². The predicted molar refractivity (Wildman–Crippen MR) is 58.8 cm³/mol. The summed E-state index contributed by atoms with van der Waals surface area (Å²) < 4.78 is 8.22. The summed E-state index contributed by atoms with van der Waals surface area (Å²) in [5, 5.41) is 15.3. The van der Waals surface area contributed by atoms with Gasteiger partial charge in [-0.2, -0.15) is 13.5 Å². The zero-order valence-corrected chi connectivity index (χ0v) is 9.98. The van der Waals surface area contributed by atoms with Crippen molar-refractivity contribution in [3.05, 3.63) is 17.7 Å². The van der Waals surface area contributed by atoms with Crippen molar-refractivity contribution >= 4 is 11.7 Å². The molecule has 86 valence electrons. The van der Waals surface area contributed by atoms with Gasteiger partial charge in [0.15, 0.2) is 5.82 Å². The van der Waals surface area contributed by atoms with Gasteiger partial charge in [-0.15, -0.1) is 10.2 Å². The van der Waals surface area contributed by atoms with Crippen LogP contribution in [0.1, 0.15) is 24.5 Å². The van der Waals surface area contributed by atoms with Crippen LogP contribution in [0.25, 0.3) is 0 Å². The molecule has 0 saturated carbocycles. The Balaban J connectivity index is 2.09. The lowest BCUT2D eigenvalue weighted by molar-refractivity contribution is 0.526. The lowest BCUT2D eigenvalue weighted by Gasteiger charge is -2.12. The molecule has 0 saturated heterocycles. The van der Waals surface area contributed by atoms with Crippen LogP contribution in [0.3, 0.4) is 0 Å². The summed E-state index contributed by atoms with van der Waals surface area (Å²) in [4.78, 5) is 1.46. The normalized spacial score (nSPS) is 12.9. The van der Waals surface area contributed by atoms with E-state index < -0.39 is 0 Å². The van der Waals surface area contributed by atoms with Gasteiger partial charge in [-0.3, -0.25) is 0 Å². The quantitative estimate of drug-likeness (QED) is 0.788. The average Bonchev–Trinajstić information content (AvgIpc) is 2.88. The third kappa shape index (κ3) is 2.58. The third-order valence-corrected chi connectivity index (χ3v) is 2.61. The van der Waals surface area contributed by atoms with Crippen molar-refractivity contribution < 1.29 is 0 Å². The maximum absolute atomic E-state index is 4.22. The third-order valence-electron chi connectivity index (χ3n) is 2.12. The Hall–Kier alpha value is -1.41. The van der Waals surface area contributed by atoms with Crippen molar-refractivity contribution in [3.63, 3.8) is 0 Å². The Labute approximate surface area is 97.2 Å². The number of nitrogens with one attached hydrogen (secondary N) is 1. The zero-order chi connectivity index (χ0) is 11.4. The second kappa shape index (κ2) is 5.08. The summed E-state index contributed by atoms with van der Waals surface area (Å²) >= 11 is 1.21. The summed E-state index contributed by atoms with van der Waals surface area (Å²) in [6.45, 7) is 2.92. The molecule has 0 amide bonds. The molecule has 0 fully saturated rings. The van der Waals surface area contributed by atoms with Crippen LogP contribution < -0.4 is 5.32 Å². The largest absolute Gasteiger partial charge is 0.308 e. The molecule has 2 aromatic rings. The van der Waals surface area contributed by atoms with Crippen molar-refractivity contribution in [1.82, 2.24) is 34.3 Å². The van der Waals surface area contributed by atoms with E-state index in [0.29, 0.717) is 12.2 Å². The molecule has 0 aliphatic heterocycles. The predicted octanol–water partition coefficient (Wildman–Crippen LogP) is -0.0451. The van der Waals surface area contributed by atoms with Gasteiger partial charge in [-0.05, 0) is 11.8 Å². The van der Waals surface area contributed by atoms with E-state index in [1.165, 1.54) is 16.5 Å². The molecule has 1 N–H and O–H groups in total. The van der Waals surface area contributed by atoms with Gasteiger partial charge < -0.3 is 5.32 Å². The van der Waals surface area contributed by atoms with Crippen LogP contribution in [0.2, 0.25) is 0 Å². The highest BCUT2D eigenvalue weighted by Gasteiger charge is 2.16. The Kier molecular flexibility index (Phi) is 3.52. The first-order valence-corrected chi connectivity index (χ1v) is 5.76. The van der Waals surface area contributed by atoms with Gasteiger partial charge in [-0.25, -0.2) is 0 Å². The molecule has 0 aliphatic carbocycles. The fraction of sp³-hybridized carbons (Fsp3) is 0.625. The molecule has 7 nitrogen and oxygen atoms in total. The Morgan fingerprint density at radius 1 is 1.56 bits per heavy atom. The molecule has 0 aliphatic rings. The molecule has 8 heteroatoms. The van der Waals surface area contributed by atoms with E-state index >= 15 is 0 Å². The van der Waals surface area contributed by atoms with Crippen molar-refractivity contribution in [3.8, 4) is 0 Å². The van der Waals surface area contributed by atoms with E-state index in [0.717, 1.165) is 12.2 Å². The fourth-order valence-electron chi connectivity index (χ4n) is 1.44. The molecular weight excluding hydrogens is 226 g/mol. The minimum atomic E-state index is 0.105. The smallest absolute Gasteiger partial charge is 0.176 e. The van der Waals surface area contributed by atoms with Crippen LogP contribution in [0.5, 0.6) is 0 Å². The lowest BCUT2D eigenvalue weighted by atomic mass is 10.1. The SMILES string of the molecule is CCNC(Cc1nnn(C)n1)c1cnsn1. The molecule has 1 unspecified atom stereocenters. The van der Waals surface area contributed by atoms with Gasteiger partial charge in [0.05, 0.1) is 36.7 Å². The number of hydrogen-bond acceptors (Lipinski definition) is 7. The minimum absolute atomic E-state index is 0.105. The van der Waals surface area contributed by atoms with Crippen molar-refractivity contribution in [2.24, 2.45) is 7.05 Å². The fourth-order valence-corrected chi connectivity index (χ4v) is 1.91. The Bertz CT molecular complexity index is 423. The van der Waals surface area contributed by atoms with Crippen LogP contribution in [0, 0.1) is 0 Å². The summed E-state index contributed by atoms with van der Waals surface area (Å²) in [6, 6.07) is 0.105. The first kappa shape index (κ1) is 11.1. The van der Waals surface area contributed by atoms with Gasteiger partial charge in [0, 0.05) is 6.42 Å². The first-order chi connectivity index (χ1) is 7.79. The maximum Gasteiger partial charge on any atom is 0.176 e. The number of aromatic nitrogens is 6. The average molecular weight is 239 g/mol. The van der Waals surface area contributed by atoms with E-state index in [1.807, 2.05) is 0 Å². The monoisotopic (exact) mass is 239 g/mol. The van der Waals surface area contributed by atoms with Gasteiger partial charge in [-0.1, -0.05) is 6.92 Å². The number of tetrazole rings is 1. The first-order valence-electron chi connectivity index (χ1n) is 5.03. The highest BCUT2D eigenvalue weighted by molar-refractivity contribution is 6.99. The van der Waals surface area contributed by atoms with Crippen LogP contribution in [-0.4, -0.2) is 35.5 Å². The second-order valence-electron chi connectivity index (χ2n) is 3.34. The highest BCUT2D eigenvalue weighted by atomic mass is 32.1. The highest BCUT2D eigenvalue weighted by Crippen LogP contribution is 2.14. The molecule has 0 aromatic carbocycles. The summed E-state index contributed by atoms with van der Waals surface area (Å²) in [5.41, 5.74) is 0.930. The zero-order valence-electron chi connectivity index (χ0n) is 9.16. The number of rotatable bonds is 5. The lowest BCUT2D eigenvalue weighted by Crippen LogP contribution is -2.23. The van der Waals surface area contributed by atoms with Crippen LogP contribution in [-0.2, 0) is 13.5 Å². The van der Waals surface area contributed by atoms with Gasteiger partial charge >= 0.3 is 0 Å². The van der Waals surface area contributed by atoms with E-state index in [2.05, 4.69) is 36.4 Å². The van der Waals surface area contributed by atoms with E-state index in [-0.39, 0.29) is 6.04 Å². The van der Waals surface area contributed by atoms with Crippen molar-refractivity contribution in [2.45, 2.75) is 19.4 Å². The summed E-state index contributed by atoms with van der Waals surface area (Å²) in [6.07, 6.45) is 2.45. The maximum atomic E-state index is 4.22. The summed E-state index contributed by atoms with van der Waals surface area (Å²) in [5.74, 6) is 0.710. The minimum Gasteiger partial charge on any atom is -0.308 e. The number of likely N-dealkylation sites (N-methyl/N-ethyl adjacent to an activating group) is 1. The molecule has 0 spiro atoms. The number of hydrogen-bond donors (Lipinski definition) is 1. The molecule has 16 heavy (non-hydrogen) atoms. The molecular formula is C8H13N7S. The van der Waals surface area contributed by atoms with Crippen molar-refractivity contribution in [1.29, 1.82) is 0 Å². The molecule has 2 rings (SSSR count). The van der Waals surface area contributed by atoms with Gasteiger partial charge in [0.25, 0.3) is 0 Å². The van der Waals surface area contributed by atoms with E-state index in [1.54, 1.807) is 13.2 Å². The van der Waals surface area contributed by atoms with Gasteiger partial charge in [0.2, 0.25) is 0 Å². The summed E-state index contributed by atoms with van der Waals surface area (Å²) in [7, 11) is 1.75. The van der Waals surface area contributed by atoms with Crippen molar-refractivity contribution in [2.75, 3.05) is 6.54 Å². The molecule has 1 atom stereocenters. The second-order valence-corrected chi connectivity index (χ2v) is 3.90. The number of aryl methyl sites for hydroxylation is 1. The van der Waals surface area contributed by atoms with Crippen LogP contribution in [0.15, 0.2) is 6.20 Å². The molecule has 0 radical (unpaired) electrons. The molecule has 2 heterocycles. The van der Waals surface area contributed by atoms with E-state index in [4.69, 9.17) is 0 Å². The van der Waals surface area contributed by atoms with Gasteiger partial charge in [0.1, 0.15) is 0 Å².